The van der Waals surface area contributed by atoms with Crippen LogP contribution in [0.2, 0.25) is 0 Å². The molecule has 11 heteroatoms. The molecule has 1 saturated carbocycles. The van der Waals surface area contributed by atoms with Crippen molar-refractivity contribution in [3.05, 3.63) is 59.5 Å². The first-order valence-electron chi connectivity index (χ1n) is 10.0. The number of carbonyl (C=O) groups is 2. The highest BCUT2D eigenvalue weighted by molar-refractivity contribution is 6.00. The normalized spacial score (nSPS) is 23.0. The molecule has 8 nitrogen and oxygen atoms in total. The van der Waals surface area contributed by atoms with Crippen LogP contribution in [0.5, 0.6) is 5.75 Å². The Morgan fingerprint density at radius 3 is 2.66 bits per heavy atom. The highest BCUT2D eigenvalue weighted by Gasteiger charge is 2.42. The molecule has 5 rings (SSSR count). The van der Waals surface area contributed by atoms with Crippen LogP contribution in [-0.4, -0.2) is 45.9 Å². The largest absolute Gasteiger partial charge is 0.484 e. The van der Waals surface area contributed by atoms with Crippen molar-refractivity contribution in [1.82, 2.24) is 25.2 Å². The number of hydrogen-bond acceptors (Lipinski definition) is 5. The van der Waals surface area contributed by atoms with Crippen molar-refractivity contribution in [2.75, 3.05) is 13.2 Å². The number of nitrogens with one attached hydrogen (secondary N) is 2. The number of alkyl halides is 3. The third kappa shape index (κ3) is 3.97. The zero-order chi connectivity index (χ0) is 22.5. The van der Waals surface area contributed by atoms with E-state index in [1.165, 1.54) is 12.1 Å². The maximum atomic E-state index is 12.3. The van der Waals surface area contributed by atoms with Gasteiger partial charge in [-0.25, -0.2) is 14.3 Å². The van der Waals surface area contributed by atoms with Gasteiger partial charge in [0.1, 0.15) is 5.75 Å². The number of imidazole rings is 1. The van der Waals surface area contributed by atoms with Crippen molar-refractivity contribution in [1.29, 1.82) is 0 Å². The highest BCUT2D eigenvalue weighted by atomic mass is 19.4. The fourth-order valence-electron chi connectivity index (χ4n) is 4.06. The molecule has 2 aliphatic rings. The summed E-state index contributed by atoms with van der Waals surface area (Å²) in [5.74, 6) is -0.559. The minimum atomic E-state index is -4.38. The molecule has 3 heterocycles. The average molecular weight is 445 g/mol. The second kappa shape index (κ2) is 7.50. The molecular formula is C21H18F3N5O3. The van der Waals surface area contributed by atoms with Crippen molar-refractivity contribution in [3.8, 4) is 5.75 Å². The summed E-state index contributed by atoms with van der Waals surface area (Å²) < 4.78 is 43.4. The van der Waals surface area contributed by atoms with E-state index in [2.05, 4.69) is 20.7 Å². The van der Waals surface area contributed by atoms with Crippen LogP contribution in [0.25, 0.3) is 5.65 Å². The van der Waals surface area contributed by atoms with Crippen LogP contribution in [0.3, 0.4) is 0 Å². The molecule has 1 aliphatic heterocycles. The lowest BCUT2D eigenvalue weighted by Crippen LogP contribution is -2.51. The van der Waals surface area contributed by atoms with Gasteiger partial charge in [-0.15, -0.1) is 0 Å². The molecule has 32 heavy (non-hydrogen) atoms. The highest BCUT2D eigenvalue weighted by Crippen LogP contribution is 2.55. The summed E-state index contributed by atoms with van der Waals surface area (Å²) in [5, 5.41) is 9.35. The Labute approximate surface area is 179 Å². The predicted molar refractivity (Wildman–Crippen MR) is 105 cm³/mol. The van der Waals surface area contributed by atoms with Crippen molar-refractivity contribution in [2.24, 2.45) is 0 Å². The minimum absolute atomic E-state index is 0.129. The maximum absolute atomic E-state index is 12.3. The first-order valence-corrected chi connectivity index (χ1v) is 10.0. The summed E-state index contributed by atoms with van der Waals surface area (Å²) in [6, 6.07) is 7.94. The Morgan fingerprint density at radius 2 is 1.94 bits per heavy atom. The zero-order valence-corrected chi connectivity index (χ0v) is 16.6. The molecule has 1 aliphatic carbocycles. The summed E-state index contributed by atoms with van der Waals surface area (Å²) in [4.78, 5) is 28.1. The van der Waals surface area contributed by atoms with E-state index in [0.29, 0.717) is 11.3 Å². The standard InChI is InChI=1S/C21H18F3N5O3/c22-21(23,24)10-32-12-3-1-11(2-4-12)13-7-14(13)15-8-17(28-29-6-5-25-18(15)29)16-9-26-20(31)27-19(16)30/h1-6,8,13-14,16H,7,9-10H2,(H2,26,27,30,31)/t13-,14+,16?/m1/s1. The Kier molecular flexibility index (Phi) is 4.75. The van der Waals surface area contributed by atoms with Gasteiger partial charge in [0, 0.05) is 24.5 Å². The Bertz CT molecular complexity index is 1190. The lowest BCUT2D eigenvalue weighted by atomic mass is 9.99. The van der Waals surface area contributed by atoms with E-state index in [-0.39, 0.29) is 24.1 Å². The number of ether oxygens (including phenoxy) is 1. The number of hydrogen-bond donors (Lipinski definition) is 2. The van der Waals surface area contributed by atoms with Crippen molar-refractivity contribution in [3.63, 3.8) is 0 Å². The van der Waals surface area contributed by atoms with Gasteiger partial charge in [-0.05, 0) is 42.0 Å². The molecule has 1 aromatic carbocycles. The number of rotatable bonds is 5. The van der Waals surface area contributed by atoms with Gasteiger partial charge in [-0.2, -0.15) is 18.3 Å². The Balaban J connectivity index is 1.37. The summed E-state index contributed by atoms with van der Waals surface area (Å²) >= 11 is 0. The summed E-state index contributed by atoms with van der Waals surface area (Å²) in [7, 11) is 0. The molecule has 3 atom stereocenters. The lowest BCUT2D eigenvalue weighted by Gasteiger charge is -2.22. The molecule has 0 bridgehead atoms. The molecule has 2 fully saturated rings. The van der Waals surface area contributed by atoms with Gasteiger partial charge in [0.25, 0.3) is 0 Å². The molecule has 1 saturated heterocycles. The molecule has 166 valence electrons. The van der Waals surface area contributed by atoms with Gasteiger partial charge < -0.3 is 10.1 Å². The SMILES string of the molecule is O=C1NCC(c2cc([C@H]3C[C@@H]3c3ccc(OCC(F)(F)F)cc3)c3nccn3n2)C(=O)N1. The number of imide groups is 1. The van der Waals surface area contributed by atoms with Gasteiger partial charge in [-0.3, -0.25) is 10.1 Å². The van der Waals surface area contributed by atoms with Crippen LogP contribution in [0.4, 0.5) is 18.0 Å². The van der Waals surface area contributed by atoms with E-state index < -0.39 is 30.6 Å². The molecule has 1 unspecified atom stereocenters. The van der Waals surface area contributed by atoms with Crippen molar-refractivity contribution in [2.45, 2.75) is 30.4 Å². The topological polar surface area (TPSA) is 97.6 Å². The first kappa shape index (κ1) is 20.3. The molecule has 2 N–H and O–H groups in total. The van der Waals surface area contributed by atoms with Gasteiger partial charge in [0.05, 0.1) is 11.6 Å². The van der Waals surface area contributed by atoms with E-state index in [9.17, 15) is 22.8 Å². The number of fused-ring (bicyclic) bond motifs is 1. The number of nitrogens with zero attached hydrogens (tertiary/aromatic N) is 3. The zero-order valence-electron chi connectivity index (χ0n) is 16.6. The minimum Gasteiger partial charge on any atom is -0.484 e. The van der Waals surface area contributed by atoms with Gasteiger partial charge in [0.15, 0.2) is 12.3 Å². The third-order valence-electron chi connectivity index (χ3n) is 5.68. The Morgan fingerprint density at radius 1 is 1.16 bits per heavy atom. The van der Waals surface area contributed by atoms with E-state index in [1.807, 2.05) is 6.07 Å². The van der Waals surface area contributed by atoms with Crippen LogP contribution in [0.15, 0.2) is 42.7 Å². The van der Waals surface area contributed by atoms with Crippen molar-refractivity contribution >= 4 is 17.6 Å². The number of amides is 3. The van der Waals surface area contributed by atoms with E-state index in [0.717, 1.165) is 17.5 Å². The van der Waals surface area contributed by atoms with Crippen LogP contribution in [-0.2, 0) is 4.79 Å². The fourth-order valence-corrected chi connectivity index (χ4v) is 4.06. The van der Waals surface area contributed by atoms with Crippen LogP contribution in [0.1, 0.15) is 41.0 Å². The molecule has 0 radical (unpaired) electrons. The lowest BCUT2D eigenvalue weighted by molar-refractivity contribution is -0.153. The van der Waals surface area contributed by atoms with Crippen molar-refractivity contribution < 1.29 is 27.5 Å². The van der Waals surface area contributed by atoms with Gasteiger partial charge in [0.2, 0.25) is 5.91 Å². The number of halogens is 3. The molecule has 2 aromatic heterocycles. The van der Waals surface area contributed by atoms with Gasteiger partial charge in [-0.1, -0.05) is 12.1 Å². The second-order valence-corrected chi connectivity index (χ2v) is 7.89. The van der Waals surface area contributed by atoms with Crippen LogP contribution < -0.4 is 15.4 Å². The summed E-state index contributed by atoms with van der Waals surface area (Å²) in [5.41, 5.74) is 3.14. The fraction of sp³-hybridized carbons (Fsp3) is 0.333. The maximum Gasteiger partial charge on any atom is 0.422 e. The number of benzene rings is 1. The predicted octanol–water partition coefficient (Wildman–Crippen LogP) is 2.86. The molecule has 0 spiro atoms. The smallest absolute Gasteiger partial charge is 0.422 e. The third-order valence-corrected chi connectivity index (χ3v) is 5.68. The molecular weight excluding hydrogens is 427 g/mol. The monoisotopic (exact) mass is 445 g/mol. The van der Waals surface area contributed by atoms with E-state index in [1.54, 1.807) is 29.0 Å². The first-order chi connectivity index (χ1) is 15.3. The van der Waals surface area contributed by atoms with Gasteiger partial charge >= 0.3 is 12.2 Å². The summed E-state index contributed by atoms with van der Waals surface area (Å²) in [6.45, 7) is -1.17. The van der Waals surface area contributed by atoms with E-state index >= 15 is 0 Å². The average Bonchev–Trinajstić information content (AvgIpc) is 3.40. The number of carbonyl (C=O) groups excluding carboxylic acids is 2. The van der Waals surface area contributed by atoms with E-state index in [4.69, 9.17) is 4.74 Å². The van der Waals surface area contributed by atoms with Crippen LogP contribution in [0, 0.1) is 0 Å². The number of urea groups is 1. The second-order valence-electron chi connectivity index (χ2n) is 7.89. The number of aromatic nitrogens is 3. The van der Waals surface area contributed by atoms with Crippen LogP contribution >= 0.6 is 0 Å². The Hall–Kier alpha value is -3.63. The molecule has 3 amide bonds. The summed E-state index contributed by atoms with van der Waals surface area (Å²) in [6.07, 6.45) is -0.219. The molecule has 3 aromatic rings. The quantitative estimate of drug-likeness (QED) is 0.630.